The van der Waals surface area contributed by atoms with Gasteiger partial charge in [-0.3, -0.25) is 4.90 Å². The van der Waals surface area contributed by atoms with Crippen LogP contribution in [0.5, 0.6) is 0 Å². The molecule has 0 spiro atoms. The first-order chi connectivity index (χ1) is 19.8. The molecular weight excluding hydrogens is 514 g/mol. The number of carbonyl (C=O) groups is 1. The second-order valence-corrected chi connectivity index (χ2v) is 9.64. The van der Waals surface area contributed by atoms with Gasteiger partial charge in [-0.05, 0) is 57.4 Å². The first-order valence-electron chi connectivity index (χ1n) is 14.5. The zero-order valence-electron chi connectivity index (χ0n) is 25.4. The van der Waals surface area contributed by atoms with Crippen LogP contribution >= 0.6 is 0 Å². The van der Waals surface area contributed by atoms with E-state index in [1.807, 2.05) is 63.6 Å². The third-order valence-corrected chi connectivity index (χ3v) is 6.60. The summed E-state index contributed by atoms with van der Waals surface area (Å²) in [4.78, 5) is 19.2. The van der Waals surface area contributed by atoms with Gasteiger partial charge in [-0.1, -0.05) is 68.5 Å². The monoisotopic (exact) mass is 561 g/mol. The molecule has 3 aromatic rings. The van der Waals surface area contributed by atoms with Crippen molar-refractivity contribution in [3.05, 3.63) is 84.0 Å². The number of anilines is 1. The number of nitrogens with one attached hydrogen (secondary N) is 2. The molecule has 2 aromatic carbocycles. The number of rotatable bonds is 9. The first-order valence-corrected chi connectivity index (χ1v) is 14.5. The summed E-state index contributed by atoms with van der Waals surface area (Å²) in [7, 11) is 1.98. The maximum absolute atomic E-state index is 12.0. The van der Waals surface area contributed by atoms with Crippen LogP contribution in [0.15, 0.2) is 72.8 Å². The number of carbonyl (C=O) groups excluding carboxylic acids is 1. The van der Waals surface area contributed by atoms with Gasteiger partial charge in [0.25, 0.3) is 0 Å². The Kier molecular flexibility index (Phi) is 14.6. The molecule has 1 fully saturated rings. The number of likely N-dealkylation sites (tertiary alicyclic amines) is 1. The molecule has 1 saturated heterocycles. The van der Waals surface area contributed by atoms with Crippen molar-refractivity contribution in [1.29, 1.82) is 5.41 Å². The molecular formula is C33H47N5O3. The van der Waals surface area contributed by atoms with Gasteiger partial charge in [0.05, 0.1) is 23.2 Å². The maximum atomic E-state index is 12.0. The first kappa shape index (κ1) is 33.5. The van der Waals surface area contributed by atoms with Crippen molar-refractivity contribution >= 4 is 28.7 Å². The number of benzene rings is 2. The zero-order valence-corrected chi connectivity index (χ0v) is 25.4. The second-order valence-electron chi connectivity index (χ2n) is 9.64. The summed E-state index contributed by atoms with van der Waals surface area (Å²) in [5, 5.41) is 19.6. The average molecular weight is 562 g/mol. The quantitative estimate of drug-likeness (QED) is 0.159. The van der Waals surface area contributed by atoms with Crippen LogP contribution in [-0.2, 0) is 18.3 Å². The fourth-order valence-corrected chi connectivity index (χ4v) is 4.34. The van der Waals surface area contributed by atoms with Gasteiger partial charge in [0.15, 0.2) is 0 Å². The van der Waals surface area contributed by atoms with Gasteiger partial charge < -0.3 is 25.1 Å². The second kappa shape index (κ2) is 17.8. The van der Waals surface area contributed by atoms with Crippen molar-refractivity contribution in [2.45, 2.75) is 66.2 Å². The van der Waals surface area contributed by atoms with Crippen molar-refractivity contribution < 1.29 is 14.6 Å². The Balaban J connectivity index is 0.000000418. The molecule has 222 valence electrons. The Labute approximate surface area is 245 Å². The van der Waals surface area contributed by atoms with Gasteiger partial charge in [0, 0.05) is 38.4 Å². The number of allylic oxidation sites excluding steroid dienone is 3. The van der Waals surface area contributed by atoms with Crippen molar-refractivity contribution in [3.63, 3.8) is 0 Å². The standard InChI is InChI=1S/C23H28N4O2.C8H13NO.C2H6/c1-3-29-22(28)18-9-10-20-21(15-18)26(2)23(25-20)24-19-11-13-27(14-12-19)16-17-7-5-4-6-8-17;1-3-4-5-6-8(10)7(2)9;1-2/h4-10,15,19H,3,11-14,16H2,1-2H3,(H,24,25);3-6,8-10H,1-2H3;1-2H3/b;4-3+,6-5?,9-7?;. The number of fused-ring (bicyclic) bond motifs is 1. The average Bonchev–Trinajstić information content (AvgIpc) is 3.30. The molecule has 0 amide bonds. The Hall–Kier alpha value is -3.75. The third kappa shape index (κ3) is 10.6. The lowest BCUT2D eigenvalue weighted by atomic mass is 10.0. The number of imidazole rings is 1. The Morgan fingerprint density at radius 1 is 1.17 bits per heavy atom. The number of piperidine rings is 1. The summed E-state index contributed by atoms with van der Waals surface area (Å²) < 4.78 is 7.13. The van der Waals surface area contributed by atoms with Crippen molar-refractivity contribution in [1.82, 2.24) is 14.5 Å². The van der Waals surface area contributed by atoms with Gasteiger partial charge in [0.2, 0.25) is 5.95 Å². The summed E-state index contributed by atoms with van der Waals surface area (Å²) in [5.41, 5.74) is 4.00. The minimum Gasteiger partial charge on any atom is -0.462 e. The van der Waals surface area contributed by atoms with Crippen LogP contribution in [-0.4, -0.2) is 63.1 Å². The number of aliphatic hydroxyl groups is 1. The highest BCUT2D eigenvalue weighted by Crippen LogP contribution is 2.23. The van der Waals surface area contributed by atoms with Crippen LogP contribution in [0.25, 0.3) is 11.0 Å². The van der Waals surface area contributed by atoms with E-state index in [4.69, 9.17) is 20.2 Å². The molecule has 4 rings (SSSR count). The van der Waals surface area contributed by atoms with E-state index in [0.717, 1.165) is 49.5 Å². The van der Waals surface area contributed by atoms with Crippen LogP contribution in [0.4, 0.5) is 5.95 Å². The highest BCUT2D eigenvalue weighted by Gasteiger charge is 2.21. The number of esters is 1. The summed E-state index contributed by atoms with van der Waals surface area (Å²) in [6.45, 7) is 12.8. The molecule has 1 aromatic heterocycles. The van der Waals surface area contributed by atoms with E-state index < -0.39 is 6.10 Å². The van der Waals surface area contributed by atoms with E-state index in [2.05, 4.69) is 40.5 Å². The molecule has 0 radical (unpaired) electrons. The van der Waals surface area contributed by atoms with Gasteiger partial charge in [0.1, 0.15) is 6.10 Å². The highest BCUT2D eigenvalue weighted by molar-refractivity contribution is 5.94. The van der Waals surface area contributed by atoms with Gasteiger partial charge in [-0.25, -0.2) is 9.78 Å². The number of hydrogen-bond acceptors (Lipinski definition) is 7. The van der Waals surface area contributed by atoms with E-state index in [9.17, 15) is 4.79 Å². The predicted octanol–water partition coefficient (Wildman–Crippen LogP) is 6.37. The van der Waals surface area contributed by atoms with Crippen LogP contribution < -0.4 is 5.32 Å². The molecule has 8 nitrogen and oxygen atoms in total. The number of aliphatic hydroxyl groups excluding tert-OH is 1. The van der Waals surface area contributed by atoms with Gasteiger partial charge >= 0.3 is 5.97 Å². The number of aromatic nitrogens is 2. The molecule has 1 atom stereocenters. The summed E-state index contributed by atoms with van der Waals surface area (Å²) >= 11 is 0. The summed E-state index contributed by atoms with van der Waals surface area (Å²) in [6.07, 6.45) is 8.42. The largest absolute Gasteiger partial charge is 0.462 e. The van der Waals surface area contributed by atoms with E-state index in [1.165, 1.54) is 5.56 Å². The minimum absolute atomic E-state index is 0.265. The fourth-order valence-electron chi connectivity index (χ4n) is 4.34. The van der Waals surface area contributed by atoms with E-state index in [-0.39, 0.29) is 11.7 Å². The topological polar surface area (TPSA) is 103 Å². The molecule has 3 N–H and O–H groups in total. The molecule has 41 heavy (non-hydrogen) atoms. The molecule has 0 bridgehead atoms. The van der Waals surface area contributed by atoms with E-state index >= 15 is 0 Å². The lowest BCUT2D eigenvalue weighted by Crippen LogP contribution is -2.39. The van der Waals surface area contributed by atoms with Crippen molar-refractivity contribution in [3.8, 4) is 0 Å². The van der Waals surface area contributed by atoms with Crippen LogP contribution in [0, 0.1) is 5.41 Å². The molecule has 1 aliphatic heterocycles. The van der Waals surface area contributed by atoms with E-state index in [0.29, 0.717) is 18.2 Å². The highest BCUT2D eigenvalue weighted by atomic mass is 16.5. The van der Waals surface area contributed by atoms with Crippen molar-refractivity contribution in [2.75, 3.05) is 25.0 Å². The Morgan fingerprint density at radius 2 is 1.85 bits per heavy atom. The van der Waals surface area contributed by atoms with Crippen molar-refractivity contribution in [2.24, 2.45) is 7.05 Å². The number of nitrogens with zero attached hydrogens (tertiary/aromatic N) is 3. The Morgan fingerprint density at radius 3 is 2.46 bits per heavy atom. The minimum atomic E-state index is -0.726. The van der Waals surface area contributed by atoms with Gasteiger partial charge in [-0.2, -0.15) is 0 Å². The van der Waals surface area contributed by atoms with Crippen LogP contribution in [0.1, 0.15) is 63.4 Å². The predicted molar refractivity (Wildman–Crippen MR) is 170 cm³/mol. The lowest BCUT2D eigenvalue weighted by molar-refractivity contribution is 0.0526. The molecule has 0 aliphatic carbocycles. The third-order valence-electron chi connectivity index (χ3n) is 6.60. The SMILES string of the molecule is C/C=C/C=CC(O)C(C)=N.CC.CCOC(=O)c1ccc2nc(NC3CCN(Cc4ccccc4)CC3)n(C)c2c1. The Bertz CT molecular complexity index is 1270. The fraction of sp³-hybridized carbons (Fsp3) is 0.424. The number of ether oxygens (including phenoxy) is 1. The summed E-state index contributed by atoms with van der Waals surface area (Å²) in [5.74, 6) is 0.554. The molecule has 8 heteroatoms. The zero-order chi connectivity index (χ0) is 30.2. The maximum Gasteiger partial charge on any atom is 0.338 e. The lowest BCUT2D eigenvalue weighted by Gasteiger charge is -2.32. The normalized spacial score (nSPS) is 14.7. The molecule has 1 unspecified atom stereocenters. The van der Waals surface area contributed by atoms with Crippen LogP contribution in [0.2, 0.25) is 0 Å². The molecule has 2 heterocycles. The van der Waals surface area contributed by atoms with E-state index in [1.54, 1.807) is 25.1 Å². The summed E-state index contributed by atoms with van der Waals surface area (Å²) in [6, 6.07) is 16.6. The number of aryl methyl sites for hydroxylation is 1. The molecule has 1 aliphatic rings. The molecule has 0 saturated carbocycles. The van der Waals surface area contributed by atoms with Gasteiger partial charge in [-0.15, -0.1) is 0 Å². The van der Waals surface area contributed by atoms with Crippen LogP contribution in [0.3, 0.4) is 0 Å². The smallest absolute Gasteiger partial charge is 0.338 e. The number of hydrogen-bond donors (Lipinski definition) is 3.